The van der Waals surface area contributed by atoms with Crippen molar-refractivity contribution in [2.45, 2.75) is 20.8 Å². The molecule has 0 aromatic carbocycles. The number of rotatable bonds is 4. The second-order valence-electron chi connectivity index (χ2n) is 4.21. The molecule has 0 amide bonds. The molecule has 2 heterocycles. The summed E-state index contributed by atoms with van der Waals surface area (Å²) in [6, 6.07) is 7.57. The molecule has 0 bridgehead atoms. The summed E-state index contributed by atoms with van der Waals surface area (Å²) in [7, 11) is 0. The van der Waals surface area contributed by atoms with E-state index in [9.17, 15) is 0 Å². The first-order chi connectivity index (χ1) is 9.13. The molecule has 0 atom stereocenters. The van der Waals surface area contributed by atoms with E-state index >= 15 is 0 Å². The summed E-state index contributed by atoms with van der Waals surface area (Å²) in [5.41, 5.74) is 1.68. The van der Waals surface area contributed by atoms with Gasteiger partial charge in [0, 0.05) is 24.8 Å². The average molecular weight is 277 g/mol. The SMILES string of the molecule is CCN(CC)c1cc(Cl)nc(-c2cccc(C)n2)n1. The number of hydrogen-bond acceptors (Lipinski definition) is 4. The third-order valence-electron chi connectivity index (χ3n) is 2.89. The third kappa shape index (κ3) is 3.20. The molecule has 2 rings (SSSR count). The number of nitrogens with zero attached hydrogens (tertiary/aromatic N) is 4. The van der Waals surface area contributed by atoms with Crippen molar-refractivity contribution in [3.05, 3.63) is 35.1 Å². The number of anilines is 1. The van der Waals surface area contributed by atoms with Crippen LogP contribution in [0.2, 0.25) is 5.15 Å². The summed E-state index contributed by atoms with van der Waals surface area (Å²) in [4.78, 5) is 15.4. The quantitative estimate of drug-likeness (QED) is 0.803. The Labute approximate surface area is 118 Å². The van der Waals surface area contributed by atoms with Crippen LogP contribution in [-0.2, 0) is 0 Å². The van der Waals surface area contributed by atoms with Crippen molar-refractivity contribution in [1.82, 2.24) is 15.0 Å². The average Bonchev–Trinajstić information content (AvgIpc) is 2.39. The van der Waals surface area contributed by atoms with Crippen molar-refractivity contribution in [3.63, 3.8) is 0 Å². The van der Waals surface area contributed by atoms with E-state index in [0.29, 0.717) is 11.0 Å². The molecule has 100 valence electrons. The molecule has 0 fully saturated rings. The van der Waals surface area contributed by atoms with Crippen molar-refractivity contribution in [2.24, 2.45) is 0 Å². The Hall–Kier alpha value is -1.68. The van der Waals surface area contributed by atoms with Gasteiger partial charge in [0.05, 0.1) is 0 Å². The summed E-state index contributed by atoms with van der Waals surface area (Å²) in [5, 5.41) is 0.440. The maximum Gasteiger partial charge on any atom is 0.181 e. The van der Waals surface area contributed by atoms with Crippen molar-refractivity contribution in [3.8, 4) is 11.5 Å². The van der Waals surface area contributed by atoms with Gasteiger partial charge >= 0.3 is 0 Å². The first-order valence-corrected chi connectivity index (χ1v) is 6.75. The Morgan fingerprint density at radius 1 is 1.11 bits per heavy atom. The van der Waals surface area contributed by atoms with Crippen LogP contribution in [0, 0.1) is 6.92 Å². The molecule has 2 aromatic rings. The predicted molar refractivity (Wildman–Crippen MR) is 78.6 cm³/mol. The lowest BCUT2D eigenvalue weighted by atomic mass is 10.3. The van der Waals surface area contributed by atoms with E-state index in [1.165, 1.54) is 0 Å². The first-order valence-electron chi connectivity index (χ1n) is 6.37. The molecular formula is C14H17ClN4. The fourth-order valence-corrected chi connectivity index (χ4v) is 2.08. The fraction of sp³-hybridized carbons (Fsp3) is 0.357. The number of aryl methyl sites for hydroxylation is 1. The van der Waals surface area contributed by atoms with Crippen LogP contribution in [0.15, 0.2) is 24.3 Å². The number of pyridine rings is 1. The summed E-state index contributed by atoms with van der Waals surface area (Å²) >= 11 is 6.09. The molecule has 0 aliphatic heterocycles. The zero-order chi connectivity index (χ0) is 13.8. The molecule has 19 heavy (non-hydrogen) atoms. The molecular weight excluding hydrogens is 260 g/mol. The summed E-state index contributed by atoms with van der Waals surface area (Å²) in [6.07, 6.45) is 0. The predicted octanol–water partition coefficient (Wildman–Crippen LogP) is 3.35. The largest absolute Gasteiger partial charge is 0.357 e. The molecule has 0 N–H and O–H groups in total. The van der Waals surface area contributed by atoms with E-state index in [2.05, 4.69) is 33.7 Å². The standard InChI is InChI=1S/C14H17ClN4/c1-4-19(5-2)13-9-12(15)17-14(18-13)11-8-6-7-10(3)16-11/h6-9H,4-5H2,1-3H3. The van der Waals surface area contributed by atoms with Gasteiger partial charge in [-0.3, -0.25) is 0 Å². The molecule has 0 saturated carbocycles. The minimum absolute atomic E-state index is 0.440. The van der Waals surface area contributed by atoms with E-state index in [1.807, 2.05) is 25.1 Å². The summed E-state index contributed by atoms with van der Waals surface area (Å²) in [6.45, 7) is 7.88. The molecule has 5 heteroatoms. The highest BCUT2D eigenvalue weighted by molar-refractivity contribution is 6.29. The lowest BCUT2D eigenvalue weighted by molar-refractivity contribution is 0.842. The van der Waals surface area contributed by atoms with Gasteiger partial charge in [-0.05, 0) is 32.9 Å². The van der Waals surface area contributed by atoms with Crippen LogP contribution in [0.1, 0.15) is 19.5 Å². The van der Waals surface area contributed by atoms with Gasteiger partial charge < -0.3 is 4.90 Å². The monoisotopic (exact) mass is 276 g/mol. The normalized spacial score (nSPS) is 10.5. The van der Waals surface area contributed by atoms with Gasteiger partial charge in [-0.2, -0.15) is 0 Å². The van der Waals surface area contributed by atoms with Crippen molar-refractivity contribution < 1.29 is 0 Å². The minimum atomic E-state index is 0.440. The smallest absolute Gasteiger partial charge is 0.181 e. The van der Waals surface area contributed by atoms with E-state index in [4.69, 9.17) is 11.6 Å². The number of halogens is 1. The molecule has 4 nitrogen and oxygen atoms in total. The van der Waals surface area contributed by atoms with Crippen LogP contribution >= 0.6 is 11.6 Å². The van der Waals surface area contributed by atoms with E-state index in [1.54, 1.807) is 6.07 Å². The lowest BCUT2D eigenvalue weighted by Gasteiger charge is -2.20. The number of hydrogen-bond donors (Lipinski definition) is 0. The highest BCUT2D eigenvalue weighted by Crippen LogP contribution is 2.21. The highest BCUT2D eigenvalue weighted by Gasteiger charge is 2.10. The third-order valence-corrected chi connectivity index (χ3v) is 3.08. The van der Waals surface area contributed by atoms with Crippen LogP contribution < -0.4 is 4.90 Å². The fourth-order valence-electron chi connectivity index (χ4n) is 1.90. The summed E-state index contributed by atoms with van der Waals surface area (Å²) < 4.78 is 0. The van der Waals surface area contributed by atoms with Gasteiger partial charge in [0.15, 0.2) is 5.82 Å². The minimum Gasteiger partial charge on any atom is -0.357 e. The van der Waals surface area contributed by atoms with Gasteiger partial charge in [-0.15, -0.1) is 0 Å². The molecule has 0 spiro atoms. The van der Waals surface area contributed by atoms with Crippen molar-refractivity contribution >= 4 is 17.4 Å². The lowest BCUT2D eigenvalue weighted by Crippen LogP contribution is -2.23. The van der Waals surface area contributed by atoms with Crippen LogP contribution in [0.4, 0.5) is 5.82 Å². The van der Waals surface area contributed by atoms with Crippen LogP contribution in [-0.4, -0.2) is 28.0 Å². The Morgan fingerprint density at radius 3 is 2.47 bits per heavy atom. The second kappa shape index (κ2) is 5.97. The number of aromatic nitrogens is 3. The Balaban J connectivity index is 2.47. The Bertz CT molecular complexity index is 567. The molecule has 0 radical (unpaired) electrons. The van der Waals surface area contributed by atoms with Gasteiger partial charge in [-0.1, -0.05) is 17.7 Å². The first kappa shape index (κ1) is 13.7. The van der Waals surface area contributed by atoms with E-state index in [0.717, 1.165) is 30.3 Å². The second-order valence-corrected chi connectivity index (χ2v) is 4.60. The topological polar surface area (TPSA) is 41.9 Å². The molecule has 0 aliphatic rings. The van der Waals surface area contributed by atoms with Gasteiger partial charge in [0.25, 0.3) is 0 Å². The Morgan fingerprint density at radius 2 is 1.84 bits per heavy atom. The van der Waals surface area contributed by atoms with Crippen molar-refractivity contribution in [2.75, 3.05) is 18.0 Å². The molecule has 0 aliphatic carbocycles. The van der Waals surface area contributed by atoms with Crippen LogP contribution in [0.25, 0.3) is 11.5 Å². The zero-order valence-electron chi connectivity index (χ0n) is 11.4. The molecule has 2 aromatic heterocycles. The Kier molecular flexibility index (Phi) is 4.32. The maximum absolute atomic E-state index is 6.09. The van der Waals surface area contributed by atoms with E-state index in [-0.39, 0.29) is 0 Å². The van der Waals surface area contributed by atoms with Crippen molar-refractivity contribution in [1.29, 1.82) is 0 Å². The maximum atomic E-state index is 6.09. The van der Waals surface area contributed by atoms with Crippen LogP contribution in [0.5, 0.6) is 0 Å². The highest BCUT2D eigenvalue weighted by atomic mass is 35.5. The van der Waals surface area contributed by atoms with Gasteiger partial charge in [-0.25, -0.2) is 15.0 Å². The van der Waals surface area contributed by atoms with Gasteiger partial charge in [0.1, 0.15) is 16.7 Å². The van der Waals surface area contributed by atoms with Crippen LogP contribution in [0.3, 0.4) is 0 Å². The molecule has 0 saturated heterocycles. The van der Waals surface area contributed by atoms with Gasteiger partial charge in [0.2, 0.25) is 0 Å². The zero-order valence-corrected chi connectivity index (χ0v) is 12.1. The van der Waals surface area contributed by atoms with E-state index < -0.39 is 0 Å². The molecule has 0 unspecified atom stereocenters. The summed E-state index contributed by atoms with van der Waals surface area (Å²) in [5.74, 6) is 1.40.